The van der Waals surface area contributed by atoms with Gasteiger partial charge in [-0.1, -0.05) is 13.8 Å². The first-order valence-corrected chi connectivity index (χ1v) is 8.13. The first kappa shape index (κ1) is 16.7. The zero-order valence-electron chi connectivity index (χ0n) is 14.4. The second-order valence-corrected chi connectivity index (χ2v) is 6.20. The Labute approximate surface area is 133 Å². The number of fused-ring (bicyclic) bond motifs is 1. The van der Waals surface area contributed by atoms with Gasteiger partial charge in [-0.15, -0.1) is 0 Å². The van der Waals surface area contributed by atoms with Crippen molar-refractivity contribution in [2.45, 2.75) is 46.1 Å². The smallest absolute Gasteiger partial charge is 0.159 e. The second-order valence-electron chi connectivity index (χ2n) is 6.20. The summed E-state index contributed by atoms with van der Waals surface area (Å²) >= 11 is 0. The van der Waals surface area contributed by atoms with Gasteiger partial charge in [0.1, 0.15) is 5.82 Å². The van der Waals surface area contributed by atoms with Crippen LogP contribution in [0.25, 0.3) is 11.0 Å². The molecule has 120 valence electrons. The monoisotopic (exact) mass is 301 g/mol. The highest BCUT2D eigenvalue weighted by Gasteiger charge is 2.18. The normalized spacial score (nSPS) is 11.8. The lowest BCUT2D eigenvalue weighted by Gasteiger charge is -2.17. The topological polar surface area (TPSA) is 38.1 Å². The molecular formula is C18H27N3O. The van der Waals surface area contributed by atoms with Crippen LogP contribution in [0.3, 0.4) is 0 Å². The van der Waals surface area contributed by atoms with Crippen molar-refractivity contribution in [1.82, 2.24) is 14.5 Å². The molecule has 0 bridgehead atoms. The summed E-state index contributed by atoms with van der Waals surface area (Å²) in [5.41, 5.74) is 2.81. The molecule has 1 aromatic carbocycles. The summed E-state index contributed by atoms with van der Waals surface area (Å²) in [7, 11) is 4.17. The highest BCUT2D eigenvalue weighted by molar-refractivity contribution is 5.97. The average Bonchev–Trinajstić information content (AvgIpc) is 2.83. The van der Waals surface area contributed by atoms with Crippen LogP contribution in [0, 0.1) is 0 Å². The molecule has 0 aliphatic heterocycles. The summed E-state index contributed by atoms with van der Waals surface area (Å²) in [4.78, 5) is 18.7. The van der Waals surface area contributed by atoms with Crippen LogP contribution in [0.1, 0.15) is 55.7 Å². The molecule has 0 atom stereocenters. The van der Waals surface area contributed by atoms with Gasteiger partial charge >= 0.3 is 0 Å². The molecule has 0 aliphatic rings. The Bertz CT molecular complexity index is 654. The summed E-state index contributed by atoms with van der Waals surface area (Å²) in [6, 6.07) is 5.88. The molecule has 0 fully saturated rings. The fourth-order valence-electron chi connectivity index (χ4n) is 2.87. The predicted molar refractivity (Wildman–Crippen MR) is 91.6 cm³/mol. The minimum Gasteiger partial charge on any atom is -0.326 e. The third-order valence-corrected chi connectivity index (χ3v) is 4.31. The molecule has 4 heteroatoms. The quantitative estimate of drug-likeness (QED) is 0.732. The molecule has 0 unspecified atom stereocenters. The number of likely N-dealkylation sites (N-methyl/N-ethyl adjacent to an activating group) is 1. The van der Waals surface area contributed by atoms with Gasteiger partial charge in [-0.2, -0.15) is 0 Å². The van der Waals surface area contributed by atoms with Gasteiger partial charge in [-0.3, -0.25) is 4.79 Å². The molecule has 1 aromatic heterocycles. The second kappa shape index (κ2) is 7.05. The predicted octanol–water partition coefficient (Wildman–Crippen LogP) is 3.70. The Morgan fingerprint density at radius 1 is 1.27 bits per heavy atom. The molecule has 4 nitrogen and oxygen atoms in total. The number of benzene rings is 1. The summed E-state index contributed by atoms with van der Waals surface area (Å²) in [5, 5.41) is 0. The van der Waals surface area contributed by atoms with Crippen LogP contribution >= 0.6 is 0 Å². The van der Waals surface area contributed by atoms with E-state index in [9.17, 15) is 4.79 Å². The molecule has 0 spiro atoms. The number of hydrogen-bond donors (Lipinski definition) is 0. The van der Waals surface area contributed by atoms with Crippen LogP contribution in [-0.4, -0.2) is 40.9 Å². The van der Waals surface area contributed by atoms with E-state index in [1.165, 1.54) is 0 Å². The first-order valence-electron chi connectivity index (χ1n) is 8.13. The van der Waals surface area contributed by atoms with Gasteiger partial charge in [0.25, 0.3) is 0 Å². The highest BCUT2D eigenvalue weighted by Crippen LogP contribution is 2.27. The van der Waals surface area contributed by atoms with E-state index in [4.69, 9.17) is 4.98 Å². The Morgan fingerprint density at radius 2 is 1.95 bits per heavy atom. The van der Waals surface area contributed by atoms with Crippen LogP contribution in [0.2, 0.25) is 0 Å². The maximum absolute atomic E-state index is 11.6. The van der Waals surface area contributed by atoms with Gasteiger partial charge in [0.15, 0.2) is 5.78 Å². The van der Waals surface area contributed by atoms with Crippen molar-refractivity contribution in [1.29, 1.82) is 0 Å². The van der Waals surface area contributed by atoms with Gasteiger partial charge in [0.2, 0.25) is 0 Å². The summed E-state index contributed by atoms with van der Waals surface area (Å²) < 4.78 is 2.33. The number of nitrogens with zero attached hydrogens (tertiary/aromatic N) is 3. The van der Waals surface area contributed by atoms with Gasteiger partial charge in [0.05, 0.1) is 11.0 Å². The lowest BCUT2D eigenvalue weighted by atomic mass is 10.0. The fourth-order valence-corrected chi connectivity index (χ4v) is 2.87. The lowest BCUT2D eigenvalue weighted by molar-refractivity contribution is 0.101. The van der Waals surface area contributed by atoms with E-state index in [0.29, 0.717) is 5.92 Å². The van der Waals surface area contributed by atoms with E-state index in [-0.39, 0.29) is 5.78 Å². The molecule has 2 rings (SSSR count). The number of aromatic nitrogens is 2. The van der Waals surface area contributed by atoms with Crippen molar-refractivity contribution < 1.29 is 4.79 Å². The van der Waals surface area contributed by atoms with E-state index < -0.39 is 0 Å². The number of carbonyl (C=O) groups excluding carboxylic acids is 1. The molecule has 0 saturated carbocycles. The maximum atomic E-state index is 11.6. The third kappa shape index (κ3) is 3.38. The van der Waals surface area contributed by atoms with Crippen molar-refractivity contribution in [3.8, 4) is 0 Å². The van der Waals surface area contributed by atoms with Gasteiger partial charge in [-0.05, 0) is 52.1 Å². The molecule has 0 radical (unpaired) electrons. The van der Waals surface area contributed by atoms with E-state index in [0.717, 1.165) is 48.4 Å². The van der Waals surface area contributed by atoms with Crippen LogP contribution in [-0.2, 0) is 6.54 Å². The Hall–Kier alpha value is -1.68. The Morgan fingerprint density at radius 3 is 2.50 bits per heavy atom. The number of Topliss-reactive ketones (excluding diaryl/α,β-unsaturated/α-hetero) is 1. The number of ketones is 1. The van der Waals surface area contributed by atoms with E-state index in [2.05, 4.69) is 37.4 Å². The summed E-state index contributed by atoms with van der Waals surface area (Å²) in [6.07, 6.45) is 2.17. The van der Waals surface area contributed by atoms with Crippen molar-refractivity contribution in [2.75, 3.05) is 20.6 Å². The number of hydrogen-bond acceptors (Lipinski definition) is 3. The standard InChI is InChI=1S/C18H27N3O/c1-6-14(7-2)18-19-16-12-15(13(3)22)8-9-17(16)21(18)11-10-20(4)5/h8-9,12,14H,6-7,10-11H2,1-5H3. The van der Waals surface area contributed by atoms with Crippen LogP contribution < -0.4 is 0 Å². The molecule has 0 saturated heterocycles. The maximum Gasteiger partial charge on any atom is 0.159 e. The molecule has 1 heterocycles. The number of imidazole rings is 1. The fraction of sp³-hybridized carbons (Fsp3) is 0.556. The largest absolute Gasteiger partial charge is 0.326 e. The van der Waals surface area contributed by atoms with Crippen molar-refractivity contribution in [3.05, 3.63) is 29.6 Å². The van der Waals surface area contributed by atoms with Gasteiger partial charge < -0.3 is 9.47 Å². The molecule has 0 amide bonds. The molecule has 0 aliphatic carbocycles. The molecular weight excluding hydrogens is 274 g/mol. The third-order valence-electron chi connectivity index (χ3n) is 4.31. The van der Waals surface area contributed by atoms with Crippen molar-refractivity contribution in [3.63, 3.8) is 0 Å². The zero-order valence-corrected chi connectivity index (χ0v) is 14.4. The molecule has 22 heavy (non-hydrogen) atoms. The van der Waals surface area contributed by atoms with E-state index in [1.54, 1.807) is 6.92 Å². The lowest BCUT2D eigenvalue weighted by Crippen LogP contribution is -2.20. The minimum atomic E-state index is 0.0915. The first-order chi connectivity index (χ1) is 10.5. The molecule has 2 aromatic rings. The van der Waals surface area contributed by atoms with Crippen molar-refractivity contribution >= 4 is 16.8 Å². The minimum absolute atomic E-state index is 0.0915. The SMILES string of the molecule is CCC(CC)c1nc2cc(C(C)=O)ccc2n1CCN(C)C. The van der Waals surface area contributed by atoms with Crippen LogP contribution in [0.15, 0.2) is 18.2 Å². The van der Waals surface area contributed by atoms with E-state index >= 15 is 0 Å². The Balaban J connectivity index is 2.54. The molecule has 0 N–H and O–H groups in total. The van der Waals surface area contributed by atoms with Crippen LogP contribution in [0.4, 0.5) is 0 Å². The average molecular weight is 301 g/mol. The van der Waals surface area contributed by atoms with Gasteiger partial charge in [0, 0.05) is 24.6 Å². The number of rotatable bonds is 7. The van der Waals surface area contributed by atoms with Crippen LogP contribution in [0.5, 0.6) is 0 Å². The summed E-state index contributed by atoms with van der Waals surface area (Å²) in [6.45, 7) is 7.93. The van der Waals surface area contributed by atoms with Gasteiger partial charge in [-0.25, -0.2) is 4.98 Å². The Kier molecular flexibility index (Phi) is 5.35. The van der Waals surface area contributed by atoms with Crippen molar-refractivity contribution in [2.24, 2.45) is 0 Å². The highest BCUT2D eigenvalue weighted by atomic mass is 16.1. The van der Waals surface area contributed by atoms with E-state index in [1.807, 2.05) is 18.2 Å². The summed E-state index contributed by atoms with van der Waals surface area (Å²) in [5.74, 6) is 1.71. The number of carbonyl (C=O) groups is 1. The zero-order chi connectivity index (χ0) is 16.3.